The molecule has 0 bridgehead atoms. The van der Waals surface area contributed by atoms with Gasteiger partial charge in [-0.2, -0.15) is 11.8 Å². The minimum Gasteiger partial charge on any atom is -0.496 e. The summed E-state index contributed by atoms with van der Waals surface area (Å²) in [4.78, 5) is 0. The van der Waals surface area contributed by atoms with Gasteiger partial charge in [0, 0.05) is 22.1 Å². The fraction of sp³-hybridized carbons (Fsp3) is 0.625. The normalized spacial score (nSPS) is 13.4. The molecule has 0 amide bonds. The summed E-state index contributed by atoms with van der Waals surface area (Å²) in [7, 11) is 1.74. The average molecular weight is 281 g/mol. The molecule has 1 aromatic rings. The summed E-state index contributed by atoms with van der Waals surface area (Å²) >= 11 is 1.98. The van der Waals surface area contributed by atoms with Crippen LogP contribution in [0.4, 0.5) is 0 Å². The van der Waals surface area contributed by atoms with Crippen molar-refractivity contribution in [2.75, 3.05) is 19.4 Å². The van der Waals surface area contributed by atoms with Crippen LogP contribution in [0.15, 0.2) is 18.2 Å². The molecule has 0 aliphatic carbocycles. The van der Waals surface area contributed by atoms with Gasteiger partial charge in [-0.25, -0.2) is 0 Å². The average Bonchev–Trinajstić information content (AvgIpc) is 2.33. The lowest BCUT2D eigenvalue weighted by molar-refractivity contribution is 0.402. The summed E-state index contributed by atoms with van der Waals surface area (Å²) < 4.78 is 5.79. The third-order valence-corrected chi connectivity index (χ3v) is 4.26. The minimum atomic E-state index is 0.282. The first-order valence-corrected chi connectivity index (χ1v) is 7.88. The lowest BCUT2D eigenvalue weighted by Gasteiger charge is -2.25. The van der Waals surface area contributed by atoms with Crippen LogP contribution in [0, 0.1) is 6.92 Å². The van der Waals surface area contributed by atoms with Gasteiger partial charge in [-0.15, -0.1) is 0 Å². The Labute approximate surface area is 122 Å². The molecule has 1 N–H and O–H groups in total. The molecular weight excluding hydrogens is 254 g/mol. The van der Waals surface area contributed by atoms with Crippen molar-refractivity contribution in [2.24, 2.45) is 0 Å². The Morgan fingerprint density at radius 2 is 2.00 bits per heavy atom. The smallest absolute Gasteiger partial charge is 0.123 e. The summed E-state index contributed by atoms with van der Waals surface area (Å²) in [5, 5.41) is 3.57. The molecule has 0 saturated heterocycles. The summed E-state index contributed by atoms with van der Waals surface area (Å²) in [6.45, 7) is 12.0. The van der Waals surface area contributed by atoms with Crippen molar-refractivity contribution in [2.45, 2.75) is 45.4 Å². The molecule has 0 heterocycles. The lowest BCUT2D eigenvalue weighted by Crippen LogP contribution is -2.25. The highest BCUT2D eigenvalue weighted by molar-refractivity contribution is 8.00. The molecule has 0 aliphatic rings. The molecule has 2 nitrogen and oxygen atoms in total. The number of aryl methyl sites for hydroxylation is 1. The van der Waals surface area contributed by atoms with E-state index in [0.29, 0.717) is 6.04 Å². The van der Waals surface area contributed by atoms with E-state index in [9.17, 15) is 0 Å². The molecule has 1 aromatic carbocycles. The standard InChI is InChI=1S/C16H27NOS/c1-7-17-14(11-19-16(3,4)5)13-10-12(2)8-9-15(13)18-6/h8-10,14,17H,7,11H2,1-6H3. The maximum Gasteiger partial charge on any atom is 0.123 e. The van der Waals surface area contributed by atoms with Gasteiger partial charge >= 0.3 is 0 Å². The minimum absolute atomic E-state index is 0.282. The van der Waals surface area contributed by atoms with E-state index in [-0.39, 0.29) is 4.75 Å². The first kappa shape index (κ1) is 16.4. The van der Waals surface area contributed by atoms with Crippen molar-refractivity contribution in [1.29, 1.82) is 0 Å². The highest BCUT2D eigenvalue weighted by Crippen LogP contribution is 2.32. The van der Waals surface area contributed by atoms with E-state index in [1.165, 1.54) is 11.1 Å². The largest absolute Gasteiger partial charge is 0.496 e. The first-order chi connectivity index (χ1) is 8.87. The van der Waals surface area contributed by atoms with Crippen LogP contribution >= 0.6 is 11.8 Å². The Bertz CT molecular complexity index is 398. The van der Waals surface area contributed by atoms with Crippen molar-refractivity contribution in [3.63, 3.8) is 0 Å². The fourth-order valence-electron chi connectivity index (χ4n) is 1.96. The van der Waals surface area contributed by atoms with Crippen LogP contribution in [-0.4, -0.2) is 24.2 Å². The number of methoxy groups -OCH3 is 1. The van der Waals surface area contributed by atoms with E-state index in [1.54, 1.807) is 7.11 Å². The Balaban J connectivity index is 2.94. The highest BCUT2D eigenvalue weighted by Gasteiger charge is 2.19. The number of hydrogen-bond donors (Lipinski definition) is 1. The highest BCUT2D eigenvalue weighted by atomic mass is 32.2. The van der Waals surface area contributed by atoms with Gasteiger partial charge in [-0.05, 0) is 19.5 Å². The van der Waals surface area contributed by atoms with Crippen molar-refractivity contribution < 1.29 is 4.74 Å². The molecule has 19 heavy (non-hydrogen) atoms. The first-order valence-electron chi connectivity index (χ1n) is 6.89. The summed E-state index contributed by atoms with van der Waals surface area (Å²) in [5.74, 6) is 2.03. The lowest BCUT2D eigenvalue weighted by atomic mass is 10.0. The molecular formula is C16H27NOS. The van der Waals surface area contributed by atoms with Gasteiger partial charge in [0.25, 0.3) is 0 Å². The number of rotatable bonds is 6. The van der Waals surface area contributed by atoms with Gasteiger partial charge in [0.2, 0.25) is 0 Å². The molecule has 3 heteroatoms. The molecule has 0 fully saturated rings. The number of benzene rings is 1. The van der Waals surface area contributed by atoms with Crippen molar-refractivity contribution in [3.05, 3.63) is 29.3 Å². The predicted octanol–water partition coefficient (Wildman–Crippen LogP) is 4.19. The van der Waals surface area contributed by atoms with Gasteiger partial charge in [0.1, 0.15) is 5.75 Å². The van der Waals surface area contributed by atoms with Crippen molar-refractivity contribution in [3.8, 4) is 5.75 Å². The zero-order valence-corrected chi connectivity index (χ0v) is 13.9. The number of nitrogens with one attached hydrogen (secondary N) is 1. The van der Waals surface area contributed by atoms with Gasteiger partial charge in [-0.1, -0.05) is 45.4 Å². The zero-order chi connectivity index (χ0) is 14.5. The molecule has 108 valence electrons. The second-order valence-corrected chi connectivity index (χ2v) is 7.63. The molecule has 0 radical (unpaired) electrons. The maximum absolute atomic E-state index is 5.51. The van der Waals surface area contributed by atoms with Crippen LogP contribution in [0.1, 0.15) is 44.9 Å². The molecule has 1 atom stereocenters. The maximum atomic E-state index is 5.51. The predicted molar refractivity (Wildman–Crippen MR) is 86.4 cm³/mol. The summed E-state index contributed by atoms with van der Waals surface area (Å²) in [5.41, 5.74) is 2.54. The van der Waals surface area contributed by atoms with Crippen LogP contribution in [0.3, 0.4) is 0 Å². The van der Waals surface area contributed by atoms with E-state index in [2.05, 4.69) is 58.1 Å². The SMILES string of the molecule is CCNC(CSC(C)(C)C)c1cc(C)ccc1OC. The van der Waals surface area contributed by atoms with Crippen molar-refractivity contribution >= 4 is 11.8 Å². The second kappa shape index (κ2) is 7.20. The van der Waals surface area contributed by atoms with E-state index in [4.69, 9.17) is 4.74 Å². The van der Waals surface area contributed by atoms with Crippen LogP contribution < -0.4 is 10.1 Å². The van der Waals surface area contributed by atoms with Crippen LogP contribution in [0.25, 0.3) is 0 Å². The molecule has 1 rings (SSSR count). The van der Waals surface area contributed by atoms with E-state index in [0.717, 1.165) is 18.0 Å². The van der Waals surface area contributed by atoms with Crippen LogP contribution in [0.5, 0.6) is 5.75 Å². The van der Waals surface area contributed by atoms with Crippen molar-refractivity contribution in [1.82, 2.24) is 5.32 Å². The number of ether oxygens (including phenoxy) is 1. The Morgan fingerprint density at radius 3 is 2.53 bits per heavy atom. The van der Waals surface area contributed by atoms with E-state index >= 15 is 0 Å². The van der Waals surface area contributed by atoms with Gasteiger partial charge in [-0.3, -0.25) is 0 Å². The van der Waals surface area contributed by atoms with E-state index < -0.39 is 0 Å². The van der Waals surface area contributed by atoms with E-state index in [1.807, 2.05) is 11.8 Å². The van der Waals surface area contributed by atoms with Crippen LogP contribution in [0.2, 0.25) is 0 Å². The van der Waals surface area contributed by atoms with Gasteiger partial charge < -0.3 is 10.1 Å². The summed E-state index contributed by atoms with van der Waals surface area (Å²) in [6, 6.07) is 6.73. The molecule has 0 spiro atoms. The Morgan fingerprint density at radius 1 is 1.32 bits per heavy atom. The number of thioether (sulfide) groups is 1. The monoisotopic (exact) mass is 281 g/mol. The van der Waals surface area contributed by atoms with Crippen LogP contribution in [-0.2, 0) is 0 Å². The Hall–Kier alpha value is -0.670. The topological polar surface area (TPSA) is 21.3 Å². The zero-order valence-electron chi connectivity index (χ0n) is 13.0. The second-order valence-electron chi connectivity index (χ2n) is 5.78. The molecule has 1 unspecified atom stereocenters. The third kappa shape index (κ3) is 5.45. The number of hydrogen-bond acceptors (Lipinski definition) is 3. The van der Waals surface area contributed by atoms with Gasteiger partial charge in [0.15, 0.2) is 0 Å². The molecule has 0 saturated carbocycles. The molecule has 0 aliphatic heterocycles. The fourth-order valence-corrected chi connectivity index (χ4v) is 2.93. The summed E-state index contributed by atoms with van der Waals surface area (Å²) in [6.07, 6.45) is 0. The third-order valence-electron chi connectivity index (χ3n) is 2.89. The van der Waals surface area contributed by atoms with Gasteiger partial charge in [0.05, 0.1) is 7.11 Å². The quantitative estimate of drug-likeness (QED) is 0.845. The Kier molecular flexibility index (Phi) is 6.21. The molecule has 0 aromatic heterocycles.